The Kier molecular flexibility index (Phi) is 4.49. The number of unbranched alkanes of at least 4 members (excludes halogenated alkanes) is 1. The molecule has 15 heavy (non-hydrogen) atoms. The zero-order chi connectivity index (χ0) is 11.1. The third-order valence-electron chi connectivity index (χ3n) is 2.04. The maximum atomic E-state index is 5.19. The molecule has 1 rings (SSSR count). The SMILES string of the molecule is C#CCCCNc1cc(C)ncc1OC. The fourth-order valence-electron chi connectivity index (χ4n) is 1.26. The lowest BCUT2D eigenvalue weighted by molar-refractivity contribution is 0.414. The predicted octanol–water partition coefficient (Wildman–Crippen LogP) is 2.22. The molecule has 0 amide bonds. The summed E-state index contributed by atoms with van der Waals surface area (Å²) in [5, 5.41) is 3.28. The van der Waals surface area contributed by atoms with Crippen LogP contribution >= 0.6 is 0 Å². The van der Waals surface area contributed by atoms with Crippen LogP contribution in [0.15, 0.2) is 12.3 Å². The van der Waals surface area contributed by atoms with Gasteiger partial charge in [0.2, 0.25) is 0 Å². The van der Waals surface area contributed by atoms with E-state index in [2.05, 4.69) is 16.2 Å². The molecule has 3 heteroatoms. The van der Waals surface area contributed by atoms with E-state index in [-0.39, 0.29) is 0 Å². The smallest absolute Gasteiger partial charge is 0.160 e. The van der Waals surface area contributed by atoms with Crippen molar-refractivity contribution < 1.29 is 4.74 Å². The second kappa shape index (κ2) is 5.92. The molecule has 0 saturated heterocycles. The van der Waals surface area contributed by atoms with Crippen molar-refractivity contribution in [2.24, 2.45) is 0 Å². The monoisotopic (exact) mass is 204 g/mol. The second-order valence-electron chi connectivity index (χ2n) is 3.26. The number of hydrogen-bond acceptors (Lipinski definition) is 3. The predicted molar refractivity (Wildman–Crippen MR) is 62.1 cm³/mol. The number of aromatic nitrogens is 1. The topological polar surface area (TPSA) is 34.2 Å². The first-order chi connectivity index (χ1) is 7.27. The van der Waals surface area contributed by atoms with E-state index in [0.29, 0.717) is 0 Å². The van der Waals surface area contributed by atoms with Gasteiger partial charge in [-0.3, -0.25) is 4.98 Å². The molecular formula is C12H16N2O. The van der Waals surface area contributed by atoms with Crippen molar-refractivity contribution in [2.45, 2.75) is 19.8 Å². The Labute approximate surface area is 90.9 Å². The van der Waals surface area contributed by atoms with Gasteiger partial charge in [-0.25, -0.2) is 0 Å². The number of terminal acetylenes is 1. The average molecular weight is 204 g/mol. The highest BCUT2D eigenvalue weighted by Crippen LogP contribution is 2.23. The van der Waals surface area contributed by atoms with Crippen LogP contribution in [0.2, 0.25) is 0 Å². The van der Waals surface area contributed by atoms with Crippen molar-refractivity contribution in [3.8, 4) is 18.1 Å². The van der Waals surface area contributed by atoms with Crippen molar-refractivity contribution in [1.82, 2.24) is 4.98 Å². The van der Waals surface area contributed by atoms with E-state index in [4.69, 9.17) is 11.2 Å². The average Bonchev–Trinajstić information content (AvgIpc) is 2.25. The summed E-state index contributed by atoms with van der Waals surface area (Å²) in [6, 6.07) is 1.97. The number of hydrogen-bond donors (Lipinski definition) is 1. The van der Waals surface area contributed by atoms with E-state index in [1.54, 1.807) is 13.3 Å². The molecule has 80 valence electrons. The quantitative estimate of drug-likeness (QED) is 0.590. The molecule has 1 aromatic rings. The minimum absolute atomic E-state index is 0.765. The Morgan fingerprint density at radius 2 is 2.40 bits per heavy atom. The first kappa shape index (κ1) is 11.4. The highest BCUT2D eigenvalue weighted by atomic mass is 16.5. The van der Waals surface area contributed by atoms with Gasteiger partial charge in [0.1, 0.15) is 0 Å². The molecule has 1 N–H and O–H groups in total. The normalized spacial score (nSPS) is 9.40. The molecule has 1 aromatic heterocycles. The molecule has 1 heterocycles. The first-order valence-corrected chi connectivity index (χ1v) is 4.96. The molecule has 0 saturated carbocycles. The van der Waals surface area contributed by atoms with Crippen LogP contribution in [-0.2, 0) is 0 Å². The van der Waals surface area contributed by atoms with Gasteiger partial charge in [0.05, 0.1) is 19.0 Å². The molecule has 0 radical (unpaired) electrons. The summed E-state index contributed by atoms with van der Waals surface area (Å²) in [7, 11) is 1.64. The highest BCUT2D eigenvalue weighted by molar-refractivity contribution is 5.55. The number of nitrogens with one attached hydrogen (secondary N) is 1. The van der Waals surface area contributed by atoms with E-state index in [9.17, 15) is 0 Å². The fraction of sp³-hybridized carbons (Fsp3) is 0.417. The molecule has 0 spiro atoms. The number of ether oxygens (including phenoxy) is 1. The van der Waals surface area contributed by atoms with Crippen molar-refractivity contribution >= 4 is 5.69 Å². The summed E-state index contributed by atoms with van der Waals surface area (Å²) < 4.78 is 5.19. The molecule has 0 aliphatic rings. The van der Waals surface area contributed by atoms with Gasteiger partial charge in [-0.1, -0.05) is 0 Å². The molecule has 3 nitrogen and oxygen atoms in total. The van der Waals surface area contributed by atoms with Gasteiger partial charge in [-0.2, -0.15) is 0 Å². The minimum atomic E-state index is 0.765. The molecular weight excluding hydrogens is 188 g/mol. The van der Waals surface area contributed by atoms with Gasteiger partial charge in [-0.05, 0) is 19.4 Å². The van der Waals surface area contributed by atoms with Crippen LogP contribution in [0, 0.1) is 19.3 Å². The summed E-state index contributed by atoms with van der Waals surface area (Å²) in [6.45, 7) is 2.80. The minimum Gasteiger partial charge on any atom is -0.493 e. The summed E-state index contributed by atoms with van der Waals surface area (Å²) in [5.41, 5.74) is 1.94. The van der Waals surface area contributed by atoms with Crippen LogP contribution in [0.4, 0.5) is 5.69 Å². The molecule has 0 unspecified atom stereocenters. The third kappa shape index (κ3) is 3.51. The van der Waals surface area contributed by atoms with Crippen molar-refractivity contribution in [2.75, 3.05) is 19.0 Å². The number of methoxy groups -OCH3 is 1. The van der Waals surface area contributed by atoms with Gasteiger partial charge in [-0.15, -0.1) is 12.3 Å². The van der Waals surface area contributed by atoms with Gasteiger partial charge >= 0.3 is 0 Å². The molecule has 0 aliphatic carbocycles. The second-order valence-corrected chi connectivity index (χ2v) is 3.26. The molecule has 0 aliphatic heterocycles. The van der Waals surface area contributed by atoms with Crippen molar-refractivity contribution in [3.05, 3.63) is 18.0 Å². The van der Waals surface area contributed by atoms with Crippen LogP contribution in [0.1, 0.15) is 18.5 Å². The molecule has 0 atom stereocenters. The van der Waals surface area contributed by atoms with Crippen LogP contribution < -0.4 is 10.1 Å². The number of pyridine rings is 1. The maximum Gasteiger partial charge on any atom is 0.160 e. The Morgan fingerprint density at radius 1 is 1.60 bits per heavy atom. The highest BCUT2D eigenvalue weighted by Gasteiger charge is 2.02. The summed E-state index contributed by atoms with van der Waals surface area (Å²) in [4.78, 5) is 4.16. The number of nitrogens with zero attached hydrogens (tertiary/aromatic N) is 1. The third-order valence-corrected chi connectivity index (χ3v) is 2.04. The van der Waals surface area contributed by atoms with Crippen LogP contribution in [0.3, 0.4) is 0 Å². The van der Waals surface area contributed by atoms with Crippen LogP contribution in [-0.4, -0.2) is 18.6 Å². The van der Waals surface area contributed by atoms with Gasteiger partial charge in [0, 0.05) is 18.7 Å². The number of anilines is 1. The summed E-state index contributed by atoms with van der Waals surface area (Å²) in [6.07, 6.45) is 8.65. The largest absolute Gasteiger partial charge is 0.493 e. The lowest BCUT2D eigenvalue weighted by Gasteiger charge is -2.10. The maximum absolute atomic E-state index is 5.19. The fourth-order valence-corrected chi connectivity index (χ4v) is 1.26. The van der Waals surface area contributed by atoms with E-state index in [0.717, 1.165) is 36.5 Å². The summed E-state index contributed by atoms with van der Waals surface area (Å²) >= 11 is 0. The van der Waals surface area contributed by atoms with E-state index < -0.39 is 0 Å². The molecule has 0 fully saturated rings. The van der Waals surface area contributed by atoms with E-state index in [1.165, 1.54) is 0 Å². The number of aryl methyl sites for hydroxylation is 1. The van der Waals surface area contributed by atoms with Crippen molar-refractivity contribution in [1.29, 1.82) is 0 Å². The number of rotatable bonds is 5. The standard InChI is InChI=1S/C12H16N2O/c1-4-5-6-7-13-11-8-10(2)14-9-12(11)15-3/h1,8-9H,5-7H2,2-3H3,(H,13,14). The van der Waals surface area contributed by atoms with Gasteiger partial charge in [0.15, 0.2) is 5.75 Å². The van der Waals surface area contributed by atoms with E-state index in [1.807, 2.05) is 13.0 Å². The van der Waals surface area contributed by atoms with Gasteiger partial charge in [0.25, 0.3) is 0 Å². The zero-order valence-corrected chi connectivity index (χ0v) is 9.21. The Morgan fingerprint density at radius 3 is 3.07 bits per heavy atom. The lowest BCUT2D eigenvalue weighted by Crippen LogP contribution is -2.03. The van der Waals surface area contributed by atoms with Crippen LogP contribution in [0.25, 0.3) is 0 Å². The van der Waals surface area contributed by atoms with E-state index >= 15 is 0 Å². The molecule has 0 bridgehead atoms. The van der Waals surface area contributed by atoms with Crippen LogP contribution in [0.5, 0.6) is 5.75 Å². The zero-order valence-electron chi connectivity index (χ0n) is 9.21. The van der Waals surface area contributed by atoms with Gasteiger partial charge < -0.3 is 10.1 Å². The van der Waals surface area contributed by atoms with Crippen molar-refractivity contribution in [3.63, 3.8) is 0 Å². The first-order valence-electron chi connectivity index (χ1n) is 4.96. The summed E-state index contributed by atoms with van der Waals surface area (Å²) in [5.74, 6) is 3.38. The Balaban J connectivity index is 2.58. The lowest BCUT2D eigenvalue weighted by atomic mass is 10.3. The molecule has 0 aromatic carbocycles. The Bertz CT molecular complexity index is 355. The Hall–Kier alpha value is -1.69.